The molecule has 0 aromatic rings. The second-order valence-corrected chi connectivity index (χ2v) is 3.66. The second kappa shape index (κ2) is 4.80. The lowest BCUT2D eigenvalue weighted by atomic mass is 10.0. The van der Waals surface area contributed by atoms with Crippen molar-refractivity contribution < 1.29 is 9.90 Å². The highest BCUT2D eigenvalue weighted by atomic mass is 35.5. The largest absolute Gasteiger partial charge is 0.480 e. The molecule has 3 nitrogen and oxygen atoms in total. The average Bonchev–Trinajstić information content (AvgIpc) is 1.87. The molecule has 0 aromatic carbocycles. The van der Waals surface area contributed by atoms with Gasteiger partial charge in [-0.25, -0.2) is 0 Å². The van der Waals surface area contributed by atoms with Crippen molar-refractivity contribution in [1.29, 1.82) is 0 Å². The second-order valence-electron chi connectivity index (χ2n) is 2.49. The third-order valence-corrected chi connectivity index (χ3v) is 2.23. The molecule has 0 aliphatic carbocycles. The number of hydrogen-bond donors (Lipinski definition) is 2. The van der Waals surface area contributed by atoms with Gasteiger partial charge in [0.1, 0.15) is 10.9 Å². The molecule has 11 heavy (non-hydrogen) atoms. The molecule has 2 atom stereocenters. The van der Waals surface area contributed by atoms with Gasteiger partial charge in [-0.05, 0) is 12.3 Å². The van der Waals surface area contributed by atoms with E-state index >= 15 is 0 Å². The number of alkyl halides is 2. The summed E-state index contributed by atoms with van der Waals surface area (Å²) < 4.78 is 0. The Labute approximate surface area is 75.5 Å². The molecule has 0 aromatic heterocycles. The van der Waals surface area contributed by atoms with Gasteiger partial charge in [-0.2, -0.15) is 0 Å². The molecule has 0 fully saturated rings. The summed E-state index contributed by atoms with van der Waals surface area (Å²) in [6.45, 7) is 1.76. The van der Waals surface area contributed by atoms with Gasteiger partial charge in [-0.15, -0.1) is 23.2 Å². The zero-order valence-corrected chi connectivity index (χ0v) is 7.64. The lowest BCUT2D eigenvalue weighted by Crippen LogP contribution is -2.32. The monoisotopic (exact) mass is 199 g/mol. The van der Waals surface area contributed by atoms with E-state index < -0.39 is 16.8 Å². The van der Waals surface area contributed by atoms with Crippen molar-refractivity contribution in [3.63, 3.8) is 0 Å². The highest BCUT2D eigenvalue weighted by Crippen LogP contribution is 2.18. The van der Waals surface area contributed by atoms with Gasteiger partial charge in [0, 0.05) is 0 Å². The van der Waals surface area contributed by atoms with E-state index in [0.717, 1.165) is 0 Å². The quantitative estimate of drug-likeness (QED) is 0.670. The Morgan fingerprint density at radius 2 is 2.09 bits per heavy atom. The lowest BCUT2D eigenvalue weighted by Gasteiger charge is -2.14. The van der Waals surface area contributed by atoms with Gasteiger partial charge >= 0.3 is 5.97 Å². The maximum Gasteiger partial charge on any atom is 0.320 e. The summed E-state index contributed by atoms with van der Waals surface area (Å²) in [5.41, 5.74) is 5.24. The number of carboxylic acid groups (broad SMARTS) is 1. The van der Waals surface area contributed by atoms with Crippen LogP contribution in [-0.4, -0.2) is 22.0 Å². The van der Waals surface area contributed by atoms with Crippen LogP contribution in [0.1, 0.15) is 13.3 Å². The summed E-state index contributed by atoms with van der Waals surface area (Å²) in [5, 5.41) is 8.40. The molecule has 0 aliphatic rings. The molecule has 3 N–H and O–H groups in total. The summed E-state index contributed by atoms with van der Waals surface area (Å²) >= 11 is 11.0. The number of rotatable bonds is 4. The van der Waals surface area contributed by atoms with Crippen molar-refractivity contribution in [2.75, 3.05) is 0 Å². The lowest BCUT2D eigenvalue weighted by molar-refractivity contribution is -0.138. The predicted molar refractivity (Wildman–Crippen MR) is 44.9 cm³/mol. The van der Waals surface area contributed by atoms with E-state index in [9.17, 15) is 4.79 Å². The van der Waals surface area contributed by atoms with E-state index in [1.54, 1.807) is 6.92 Å². The van der Waals surface area contributed by atoms with Gasteiger partial charge in [-0.3, -0.25) is 4.79 Å². The van der Waals surface area contributed by atoms with E-state index in [1.165, 1.54) is 0 Å². The summed E-state index contributed by atoms with van der Waals surface area (Å²) in [4.78, 5) is 9.69. The van der Waals surface area contributed by atoms with Crippen molar-refractivity contribution in [1.82, 2.24) is 0 Å². The standard InChI is InChI=1S/C6H11Cl2NO2/c1-3(5(7)8)2-4(9)6(10)11/h3-5H,2,9H2,1H3,(H,10,11)/t3-,4-/m0/s1. The summed E-state index contributed by atoms with van der Waals surface area (Å²) in [6, 6.07) is -0.870. The van der Waals surface area contributed by atoms with Gasteiger partial charge in [0.15, 0.2) is 0 Å². The van der Waals surface area contributed by atoms with Crippen molar-refractivity contribution in [2.24, 2.45) is 11.7 Å². The van der Waals surface area contributed by atoms with Gasteiger partial charge in [0.2, 0.25) is 0 Å². The molecule has 0 radical (unpaired) electrons. The average molecular weight is 200 g/mol. The first-order valence-corrected chi connectivity index (χ1v) is 4.09. The summed E-state index contributed by atoms with van der Waals surface area (Å²) in [7, 11) is 0. The summed E-state index contributed by atoms with van der Waals surface area (Å²) in [5.74, 6) is -1.12. The van der Waals surface area contributed by atoms with E-state index in [2.05, 4.69) is 0 Å². The summed E-state index contributed by atoms with van der Waals surface area (Å²) in [6.07, 6.45) is 0.299. The Morgan fingerprint density at radius 3 is 2.36 bits per heavy atom. The third-order valence-electron chi connectivity index (χ3n) is 1.37. The number of hydrogen-bond acceptors (Lipinski definition) is 2. The van der Waals surface area contributed by atoms with Crippen LogP contribution in [-0.2, 0) is 4.79 Å². The van der Waals surface area contributed by atoms with Gasteiger partial charge in [0.05, 0.1) is 0 Å². The molecule has 66 valence electrons. The van der Waals surface area contributed by atoms with Crippen LogP contribution >= 0.6 is 23.2 Å². The van der Waals surface area contributed by atoms with Crippen LogP contribution < -0.4 is 5.73 Å². The molecule has 0 saturated heterocycles. The molecule has 5 heteroatoms. The van der Waals surface area contributed by atoms with E-state index in [0.29, 0.717) is 6.42 Å². The van der Waals surface area contributed by atoms with Crippen LogP contribution in [0.3, 0.4) is 0 Å². The molecular weight excluding hydrogens is 189 g/mol. The van der Waals surface area contributed by atoms with E-state index in [4.69, 9.17) is 34.0 Å². The molecule has 0 bridgehead atoms. The zero-order valence-electron chi connectivity index (χ0n) is 6.13. The number of nitrogens with two attached hydrogens (primary N) is 1. The fourth-order valence-electron chi connectivity index (χ4n) is 0.604. The topological polar surface area (TPSA) is 63.3 Å². The molecule has 0 aliphatic heterocycles. The van der Waals surface area contributed by atoms with Crippen molar-refractivity contribution >= 4 is 29.2 Å². The van der Waals surface area contributed by atoms with Crippen LogP contribution in [0.15, 0.2) is 0 Å². The molecule has 0 heterocycles. The highest BCUT2D eigenvalue weighted by molar-refractivity contribution is 6.44. The van der Waals surface area contributed by atoms with Crippen molar-refractivity contribution in [3.05, 3.63) is 0 Å². The first-order chi connectivity index (χ1) is 4.95. The number of carbonyl (C=O) groups is 1. The van der Waals surface area contributed by atoms with Gasteiger partial charge < -0.3 is 10.8 Å². The predicted octanol–water partition coefficient (Wildman–Crippen LogP) is 1.23. The number of halogens is 2. The first kappa shape index (κ1) is 11.0. The van der Waals surface area contributed by atoms with Crippen molar-refractivity contribution in [2.45, 2.75) is 24.2 Å². The Hall–Kier alpha value is 0.01000. The third kappa shape index (κ3) is 4.45. The molecule has 0 spiro atoms. The SMILES string of the molecule is C[C@@H](C[C@H](N)C(=O)O)C(Cl)Cl. The zero-order chi connectivity index (χ0) is 9.02. The van der Waals surface area contributed by atoms with Crippen LogP contribution in [0, 0.1) is 5.92 Å². The van der Waals surface area contributed by atoms with Crippen LogP contribution in [0.2, 0.25) is 0 Å². The van der Waals surface area contributed by atoms with E-state index in [1.807, 2.05) is 0 Å². The normalized spacial score (nSPS) is 16.5. The molecule has 0 saturated carbocycles. The minimum absolute atomic E-state index is 0.0931. The Balaban J connectivity index is 3.75. The Kier molecular flexibility index (Phi) is 4.81. The molecule has 0 unspecified atom stereocenters. The molecule has 0 rings (SSSR count). The molecule has 0 amide bonds. The Morgan fingerprint density at radius 1 is 1.64 bits per heavy atom. The number of carboxylic acids is 1. The van der Waals surface area contributed by atoms with Gasteiger partial charge in [0.25, 0.3) is 0 Å². The van der Waals surface area contributed by atoms with Crippen molar-refractivity contribution in [3.8, 4) is 0 Å². The van der Waals surface area contributed by atoms with Gasteiger partial charge in [-0.1, -0.05) is 6.92 Å². The smallest absolute Gasteiger partial charge is 0.320 e. The maximum absolute atomic E-state index is 10.2. The first-order valence-electron chi connectivity index (χ1n) is 3.21. The Bertz CT molecular complexity index is 141. The maximum atomic E-state index is 10.2. The number of aliphatic carboxylic acids is 1. The van der Waals surface area contributed by atoms with Crippen LogP contribution in [0.25, 0.3) is 0 Å². The minimum Gasteiger partial charge on any atom is -0.480 e. The fourth-order valence-corrected chi connectivity index (χ4v) is 0.810. The van der Waals surface area contributed by atoms with Crippen LogP contribution in [0.5, 0.6) is 0 Å². The minimum atomic E-state index is -1.02. The highest BCUT2D eigenvalue weighted by Gasteiger charge is 2.19. The van der Waals surface area contributed by atoms with Crippen LogP contribution in [0.4, 0.5) is 0 Å². The molecular formula is C6H11Cl2NO2. The van der Waals surface area contributed by atoms with E-state index in [-0.39, 0.29) is 5.92 Å². The fraction of sp³-hybridized carbons (Fsp3) is 0.833.